The first kappa shape index (κ1) is 16.4. The van der Waals surface area contributed by atoms with Gasteiger partial charge in [0.15, 0.2) is 11.5 Å². The quantitative estimate of drug-likeness (QED) is 0.652. The van der Waals surface area contributed by atoms with Crippen LogP contribution in [0.25, 0.3) is 0 Å². The molecule has 1 aromatic carbocycles. The Morgan fingerprint density at radius 1 is 0.950 bits per heavy atom. The minimum atomic E-state index is 0.424. The number of benzene rings is 1. The fourth-order valence-electron chi connectivity index (χ4n) is 2.39. The smallest absolute Gasteiger partial charge is 0.203 e. The van der Waals surface area contributed by atoms with Crippen molar-refractivity contribution >= 4 is 0 Å². The largest absolute Gasteiger partial charge is 0.493 e. The van der Waals surface area contributed by atoms with Crippen LogP contribution in [0.4, 0.5) is 0 Å². The van der Waals surface area contributed by atoms with Crippen molar-refractivity contribution in [3.05, 3.63) is 29.8 Å². The lowest BCUT2D eigenvalue weighted by molar-refractivity contribution is 0.320. The molecule has 1 atom stereocenters. The van der Waals surface area contributed by atoms with Crippen LogP contribution in [0.15, 0.2) is 24.3 Å². The molecule has 0 bridgehead atoms. The maximum Gasteiger partial charge on any atom is 0.203 e. The Labute approximate surface area is 122 Å². The zero-order valence-corrected chi connectivity index (χ0v) is 13.2. The maximum absolute atomic E-state index is 5.57. The average molecular weight is 278 g/mol. The number of methoxy groups -OCH3 is 3. The molecule has 20 heavy (non-hydrogen) atoms. The molecule has 1 aromatic rings. The molecule has 0 radical (unpaired) electrons. The molecule has 0 amide bonds. The monoisotopic (exact) mass is 278 g/mol. The summed E-state index contributed by atoms with van der Waals surface area (Å²) in [7, 11) is 4.95. The molecule has 0 aliphatic carbocycles. The first-order chi connectivity index (χ1) is 9.73. The van der Waals surface area contributed by atoms with Crippen LogP contribution in [0.5, 0.6) is 17.2 Å². The average Bonchev–Trinajstić information content (AvgIpc) is 2.50. The van der Waals surface area contributed by atoms with Gasteiger partial charge in [0.25, 0.3) is 0 Å². The minimum Gasteiger partial charge on any atom is -0.493 e. The number of allylic oxidation sites excluding steroid dienone is 2. The lowest BCUT2D eigenvalue weighted by Crippen LogP contribution is -2.03. The van der Waals surface area contributed by atoms with E-state index in [9.17, 15) is 0 Å². The van der Waals surface area contributed by atoms with Gasteiger partial charge in [-0.3, -0.25) is 0 Å². The predicted octanol–water partition coefficient (Wildman–Crippen LogP) is 4.56. The van der Waals surface area contributed by atoms with Gasteiger partial charge in [0.2, 0.25) is 5.75 Å². The second-order valence-corrected chi connectivity index (χ2v) is 4.64. The van der Waals surface area contributed by atoms with Gasteiger partial charge in [-0.25, -0.2) is 0 Å². The van der Waals surface area contributed by atoms with Crippen molar-refractivity contribution in [2.45, 2.75) is 39.0 Å². The standard InChI is InChI=1S/C17H26O3/c1-6-8-9-10-13(7-2)14-11-12-15(18-3)17(20-5)16(14)19-4/h8-9,11-13H,6-7,10H2,1-5H3/b9-8-. The normalized spacial score (nSPS) is 12.4. The van der Waals surface area contributed by atoms with Crippen molar-refractivity contribution in [1.82, 2.24) is 0 Å². The summed E-state index contributed by atoms with van der Waals surface area (Å²) in [6.45, 7) is 4.34. The van der Waals surface area contributed by atoms with E-state index in [4.69, 9.17) is 14.2 Å². The van der Waals surface area contributed by atoms with Crippen LogP contribution in [0.3, 0.4) is 0 Å². The summed E-state index contributed by atoms with van der Waals surface area (Å²) in [5, 5.41) is 0. The van der Waals surface area contributed by atoms with E-state index in [0.717, 1.165) is 25.0 Å². The van der Waals surface area contributed by atoms with Crippen LogP contribution < -0.4 is 14.2 Å². The number of hydrogen-bond donors (Lipinski definition) is 0. The molecule has 1 unspecified atom stereocenters. The molecule has 1 rings (SSSR count). The molecule has 3 heteroatoms. The summed E-state index contributed by atoms with van der Waals surface area (Å²) in [6, 6.07) is 4.02. The topological polar surface area (TPSA) is 27.7 Å². The molecule has 0 fully saturated rings. The Morgan fingerprint density at radius 3 is 2.15 bits per heavy atom. The van der Waals surface area contributed by atoms with Crippen LogP contribution in [0.2, 0.25) is 0 Å². The molecular weight excluding hydrogens is 252 g/mol. The SMILES string of the molecule is CC/C=C\CC(CC)c1ccc(OC)c(OC)c1OC. The second kappa shape index (κ2) is 8.51. The first-order valence-corrected chi connectivity index (χ1v) is 7.17. The van der Waals surface area contributed by atoms with Crippen molar-refractivity contribution < 1.29 is 14.2 Å². The summed E-state index contributed by atoms with van der Waals surface area (Å²) in [4.78, 5) is 0. The Morgan fingerprint density at radius 2 is 1.65 bits per heavy atom. The molecular formula is C17H26O3. The first-order valence-electron chi connectivity index (χ1n) is 7.17. The van der Waals surface area contributed by atoms with Crippen LogP contribution in [0, 0.1) is 0 Å². The minimum absolute atomic E-state index is 0.424. The molecule has 0 saturated carbocycles. The highest BCUT2D eigenvalue weighted by Gasteiger charge is 2.20. The van der Waals surface area contributed by atoms with Crippen LogP contribution in [-0.2, 0) is 0 Å². The van der Waals surface area contributed by atoms with E-state index >= 15 is 0 Å². The molecule has 112 valence electrons. The molecule has 0 heterocycles. The molecule has 0 saturated heterocycles. The van der Waals surface area contributed by atoms with E-state index in [1.807, 2.05) is 6.07 Å². The third-order valence-electron chi connectivity index (χ3n) is 3.49. The number of hydrogen-bond acceptors (Lipinski definition) is 3. The van der Waals surface area contributed by atoms with Gasteiger partial charge < -0.3 is 14.2 Å². The van der Waals surface area contributed by atoms with E-state index in [-0.39, 0.29) is 0 Å². The second-order valence-electron chi connectivity index (χ2n) is 4.64. The van der Waals surface area contributed by atoms with E-state index < -0.39 is 0 Å². The van der Waals surface area contributed by atoms with Gasteiger partial charge in [0, 0.05) is 5.56 Å². The fourth-order valence-corrected chi connectivity index (χ4v) is 2.39. The van der Waals surface area contributed by atoms with Crippen LogP contribution >= 0.6 is 0 Å². The molecule has 0 aliphatic rings. The van der Waals surface area contributed by atoms with Gasteiger partial charge in [-0.1, -0.05) is 32.1 Å². The summed E-state index contributed by atoms with van der Waals surface area (Å²) in [6.07, 6.45) is 7.58. The fraction of sp³-hybridized carbons (Fsp3) is 0.529. The Kier molecular flexibility index (Phi) is 6.99. The lowest BCUT2D eigenvalue weighted by atomic mass is 9.91. The predicted molar refractivity (Wildman–Crippen MR) is 83.2 cm³/mol. The number of ether oxygens (including phenoxy) is 3. The highest BCUT2D eigenvalue weighted by Crippen LogP contribution is 2.44. The maximum atomic E-state index is 5.57. The summed E-state index contributed by atoms with van der Waals surface area (Å²) in [5.74, 6) is 2.58. The van der Waals surface area contributed by atoms with Crippen molar-refractivity contribution in [2.24, 2.45) is 0 Å². The van der Waals surface area contributed by atoms with E-state index in [1.54, 1.807) is 21.3 Å². The van der Waals surface area contributed by atoms with Crippen LogP contribution in [-0.4, -0.2) is 21.3 Å². The van der Waals surface area contributed by atoms with Crippen molar-refractivity contribution in [1.29, 1.82) is 0 Å². The molecule has 0 spiro atoms. The lowest BCUT2D eigenvalue weighted by Gasteiger charge is -2.20. The highest BCUT2D eigenvalue weighted by atomic mass is 16.5. The zero-order valence-electron chi connectivity index (χ0n) is 13.2. The van der Waals surface area contributed by atoms with E-state index in [1.165, 1.54) is 5.56 Å². The molecule has 0 N–H and O–H groups in total. The van der Waals surface area contributed by atoms with Gasteiger partial charge in [-0.05, 0) is 31.2 Å². The Balaban J connectivity index is 3.17. The Hall–Kier alpha value is -1.64. The van der Waals surface area contributed by atoms with Gasteiger partial charge >= 0.3 is 0 Å². The summed E-state index contributed by atoms with van der Waals surface area (Å²) >= 11 is 0. The third kappa shape index (κ3) is 3.69. The van der Waals surface area contributed by atoms with Crippen molar-refractivity contribution in [3.8, 4) is 17.2 Å². The van der Waals surface area contributed by atoms with Gasteiger partial charge in [0.1, 0.15) is 0 Å². The zero-order chi connectivity index (χ0) is 15.0. The van der Waals surface area contributed by atoms with Gasteiger partial charge in [-0.15, -0.1) is 0 Å². The molecule has 0 aliphatic heterocycles. The van der Waals surface area contributed by atoms with E-state index in [0.29, 0.717) is 17.4 Å². The van der Waals surface area contributed by atoms with E-state index in [2.05, 4.69) is 32.1 Å². The van der Waals surface area contributed by atoms with Gasteiger partial charge in [0.05, 0.1) is 21.3 Å². The van der Waals surface area contributed by atoms with Crippen molar-refractivity contribution in [2.75, 3.05) is 21.3 Å². The molecule has 0 aromatic heterocycles. The van der Waals surface area contributed by atoms with Crippen LogP contribution in [0.1, 0.15) is 44.6 Å². The Bertz CT molecular complexity index is 438. The number of rotatable bonds is 8. The van der Waals surface area contributed by atoms with Gasteiger partial charge in [-0.2, -0.15) is 0 Å². The third-order valence-corrected chi connectivity index (χ3v) is 3.49. The molecule has 3 nitrogen and oxygen atoms in total. The highest BCUT2D eigenvalue weighted by molar-refractivity contribution is 5.56. The van der Waals surface area contributed by atoms with Crippen molar-refractivity contribution in [3.63, 3.8) is 0 Å². The summed E-state index contributed by atoms with van der Waals surface area (Å²) < 4.78 is 16.3. The summed E-state index contributed by atoms with van der Waals surface area (Å²) in [5.41, 5.74) is 1.17.